The molecule has 21 heterocycles. The van der Waals surface area contributed by atoms with Gasteiger partial charge in [-0.1, -0.05) is 36.4 Å². The molecule has 35 atom stereocenters. The van der Waals surface area contributed by atoms with Crippen molar-refractivity contribution in [3.63, 3.8) is 0 Å². The van der Waals surface area contributed by atoms with Crippen molar-refractivity contribution in [1.82, 2.24) is 10.6 Å². The van der Waals surface area contributed by atoms with Crippen LogP contribution in [-0.4, -0.2) is 382 Å². The monoisotopic (exact) mass is 1330 g/mol. The summed E-state index contributed by atoms with van der Waals surface area (Å²) in [6.07, 6.45) is -70.5. The van der Waals surface area contributed by atoms with Crippen LogP contribution in [-0.2, 0) is 66.3 Å². The lowest BCUT2D eigenvalue weighted by Crippen LogP contribution is -2.68. The van der Waals surface area contributed by atoms with Crippen LogP contribution in [0.4, 0.5) is 0 Å². The van der Waals surface area contributed by atoms with Crippen molar-refractivity contribution in [1.29, 1.82) is 0 Å². The van der Waals surface area contributed by atoms with E-state index in [9.17, 15) is 107 Å². The zero-order valence-corrected chi connectivity index (χ0v) is 48.7. The third-order valence-corrected chi connectivity index (χ3v) is 17.6. The van der Waals surface area contributed by atoms with Crippen LogP contribution >= 0.6 is 0 Å². The number of carbonyl (C=O) groups excluding carboxylic acids is 1. The van der Waals surface area contributed by atoms with Gasteiger partial charge < -0.3 is 179 Å². The largest absolute Gasteiger partial charge is 0.394 e. The van der Waals surface area contributed by atoms with Gasteiger partial charge in [-0.05, 0) is 16.8 Å². The van der Waals surface area contributed by atoms with Crippen molar-refractivity contribution in [3.8, 4) is 0 Å². The van der Waals surface area contributed by atoms with Crippen molar-refractivity contribution in [2.75, 3.05) is 59.3 Å². The molecule has 22 N–H and O–H groups in total. The van der Waals surface area contributed by atoms with E-state index in [1.165, 1.54) is 0 Å². The van der Waals surface area contributed by atoms with E-state index in [1.807, 2.05) is 18.2 Å². The van der Waals surface area contributed by atoms with E-state index in [2.05, 4.69) is 10.6 Å². The summed E-state index contributed by atoms with van der Waals surface area (Å²) >= 11 is 0. The summed E-state index contributed by atoms with van der Waals surface area (Å²) in [7, 11) is 0. The fourth-order valence-corrected chi connectivity index (χ4v) is 12.5. The Labute approximate surface area is 521 Å². The summed E-state index contributed by atoms with van der Waals surface area (Å²) in [5, 5.41) is 232. The number of hydrogen-bond donors (Lipinski definition) is 22. The van der Waals surface area contributed by atoms with E-state index in [-0.39, 0.29) is 19.6 Å². The molecule has 0 unspecified atom stereocenters. The molecule has 21 saturated heterocycles. The molecule has 0 saturated carbocycles. The Bertz CT molecular complexity index is 2640. The topological polar surface area (TPSA) is 575 Å². The number of ether oxygens (including phenoxy) is 14. The molecule has 0 aromatic heterocycles. The fourth-order valence-electron chi connectivity index (χ4n) is 12.5. The highest BCUT2D eigenvalue weighted by molar-refractivity contribution is 6.07. The van der Waals surface area contributed by atoms with E-state index in [0.29, 0.717) is 10.9 Å². The molecule has 0 aliphatic carbocycles. The molecule has 37 heteroatoms. The molecule has 2 aromatic rings. The number of aliphatic hydroxyl groups excluding tert-OH is 20. The van der Waals surface area contributed by atoms with E-state index in [0.717, 1.165) is 5.39 Å². The van der Waals surface area contributed by atoms with Crippen molar-refractivity contribution in [3.05, 3.63) is 48.0 Å². The number of carbonyl (C=O) groups is 1. The van der Waals surface area contributed by atoms with Crippen LogP contribution in [0.15, 0.2) is 42.5 Å². The van der Waals surface area contributed by atoms with Gasteiger partial charge in [0.05, 0.1) is 39.6 Å². The molecule has 37 nitrogen and oxygen atoms in total. The van der Waals surface area contributed by atoms with Crippen molar-refractivity contribution in [2.24, 2.45) is 0 Å². The lowest BCUT2D eigenvalue weighted by Gasteiger charge is -2.50. The lowest BCUT2D eigenvalue weighted by atomic mass is 9.95. The minimum absolute atomic E-state index is 0.0153. The molecule has 23 rings (SSSR count). The lowest BCUT2D eigenvalue weighted by molar-refractivity contribution is -0.396. The van der Waals surface area contributed by atoms with Gasteiger partial charge in [0.2, 0.25) is 0 Å². The van der Waals surface area contributed by atoms with E-state index in [1.54, 1.807) is 24.3 Å². The number of nitrogens with one attached hydrogen (secondary N) is 2. The zero-order chi connectivity index (χ0) is 66.1. The smallest absolute Gasteiger partial charge is 0.251 e. The van der Waals surface area contributed by atoms with Gasteiger partial charge in [-0.15, -0.1) is 0 Å². The Balaban J connectivity index is 0.922. The van der Waals surface area contributed by atoms with Crippen LogP contribution in [0.3, 0.4) is 0 Å². The van der Waals surface area contributed by atoms with Gasteiger partial charge in [0.25, 0.3) is 5.91 Å². The molecule has 522 valence electrons. The Morgan fingerprint density at radius 1 is 0.304 bits per heavy atom. The summed E-state index contributed by atoms with van der Waals surface area (Å²) in [4.78, 5) is 13.4. The number of benzene rings is 2. The second-order valence-corrected chi connectivity index (χ2v) is 23.5. The first-order chi connectivity index (χ1) is 44.1. The quantitative estimate of drug-likeness (QED) is 0.0878. The minimum atomic E-state index is -2.23. The van der Waals surface area contributed by atoms with Crippen LogP contribution in [0.25, 0.3) is 10.8 Å². The van der Waals surface area contributed by atoms with Crippen LogP contribution in [0, 0.1) is 0 Å². The first-order valence-corrected chi connectivity index (χ1v) is 29.9. The molecule has 92 heavy (non-hydrogen) atoms. The number of aliphatic hydroxyl groups is 20. The molecule has 21 fully saturated rings. The third-order valence-electron chi connectivity index (χ3n) is 17.6. The number of rotatable bonds is 12. The maximum Gasteiger partial charge on any atom is 0.251 e. The summed E-state index contributed by atoms with van der Waals surface area (Å²) in [6, 6.07) is 12.4. The second-order valence-electron chi connectivity index (χ2n) is 23.5. The molecule has 1 amide bonds. The van der Waals surface area contributed by atoms with Crippen LogP contribution < -0.4 is 10.6 Å². The molecule has 2 aromatic carbocycles. The molecule has 0 radical (unpaired) electrons. The third kappa shape index (κ3) is 14.5. The van der Waals surface area contributed by atoms with Crippen molar-refractivity contribution in [2.45, 2.75) is 215 Å². The van der Waals surface area contributed by atoms with Gasteiger partial charge in [0, 0.05) is 25.2 Å². The Kier molecular flexibility index (Phi) is 24.2. The van der Waals surface area contributed by atoms with Gasteiger partial charge in [-0.3, -0.25) is 4.79 Å². The van der Waals surface area contributed by atoms with Gasteiger partial charge in [-0.25, -0.2) is 0 Å². The fraction of sp³-hybridized carbons (Fsp3) is 0.800. The Hall–Kier alpha value is -3.23. The van der Waals surface area contributed by atoms with Crippen LogP contribution in [0.2, 0.25) is 0 Å². The average molecular weight is 1330 g/mol. The van der Waals surface area contributed by atoms with Gasteiger partial charge in [0.1, 0.15) is 171 Å². The van der Waals surface area contributed by atoms with E-state index in [4.69, 9.17) is 66.3 Å². The predicted molar refractivity (Wildman–Crippen MR) is 290 cm³/mol. The molecule has 21 aliphatic heterocycles. The molecule has 21 aliphatic rings. The van der Waals surface area contributed by atoms with Gasteiger partial charge in [0.15, 0.2) is 44.0 Å². The van der Waals surface area contributed by atoms with Gasteiger partial charge >= 0.3 is 0 Å². The van der Waals surface area contributed by atoms with E-state index >= 15 is 0 Å². The summed E-state index contributed by atoms with van der Waals surface area (Å²) in [6.45, 7) is -6.75. The first kappa shape index (κ1) is 71.5. The molecule has 0 spiro atoms. The summed E-state index contributed by atoms with van der Waals surface area (Å²) < 4.78 is 81.6. The first-order valence-electron chi connectivity index (χ1n) is 29.9. The highest BCUT2D eigenvalue weighted by Gasteiger charge is 2.59. The standard InChI is InChI=1S/C55H82N2O35/c58-11-21-42-29(66)36(73)51(81-21)89-44-23(13-60)83-53(38(75)31(44)68)91-46-25(15-62)85-55(40(77)33(46)70)92-47-26(16-63)84-54(39(76)32(47)69)90-45-24(14-61)82-52(37(74)30(45)67)88-43-22(12-59)80-50(35(72)28(43)65)86-41-20(79-49(87-42)34(71)27(41)64)10-56-8-9-57-48(78)19-7-3-5-17-4-1-2-6-18(17)19/h1-7,20-47,49-56,58-77H,8-16H2,(H,57,78)/t20-,21-,22-,23-,24-,25-,26-,27-,28-,29-,30-,31-,32-,33-,34-,35-,36-,37-,38-,39-,40-,41-,42-,43-,44-,45-,46-,47-,49-,50-,51-,52-,53-,54-,55-/m1/s1. The molecule has 14 bridgehead atoms. The Morgan fingerprint density at radius 2 is 0.554 bits per heavy atom. The number of amides is 1. The summed E-state index contributed by atoms with van der Waals surface area (Å²) in [5.74, 6) is -0.432. The van der Waals surface area contributed by atoms with Crippen LogP contribution in [0.1, 0.15) is 10.4 Å². The van der Waals surface area contributed by atoms with E-state index < -0.39 is 260 Å². The van der Waals surface area contributed by atoms with Crippen molar-refractivity contribution < 1.29 is 173 Å². The van der Waals surface area contributed by atoms with Crippen molar-refractivity contribution >= 4 is 16.7 Å². The predicted octanol–water partition coefficient (Wildman–Crippen LogP) is -13.1. The van der Waals surface area contributed by atoms with Gasteiger partial charge in [-0.2, -0.15) is 0 Å². The Morgan fingerprint density at radius 3 is 0.837 bits per heavy atom. The maximum atomic E-state index is 13.4. The SMILES string of the molecule is O=C(NCCNC[C@H]1O[C@@H]2O[C@H]3[C@H](O)[C@@H](O)[C@@H](O[C@H]4[C@H](O)[C@@H](O)[C@@H](O[C@H]5[C@H](O)[C@@H](O)[C@@H](O[C@H]6[C@H](O)[C@@H](O)[C@@H](O[C@H]7[C@H](O)[C@@H](O)[C@@H](O[C@H]8[C@H](O)[C@@H](O)[C@@H](O[C@H]1[C@H](O)[C@H]2O)O[C@@H]8CO)O[C@@H]7CO)O[C@@H]6CO)O[C@@H]5CO)O[C@@H]4CO)O[C@@H]3CO)c1cccc2ccccc12. The molecular formula is C55H82N2O35. The van der Waals surface area contributed by atoms with Crippen LogP contribution in [0.5, 0.6) is 0 Å². The number of hydrogen-bond acceptors (Lipinski definition) is 36. The normalized spacial score (nSPS) is 48.2. The summed E-state index contributed by atoms with van der Waals surface area (Å²) in [5.41, 5.74) is 0.373. The number of fused-ring (bicyclic) bond motifs is 1. The second kappa shape index (κ2) is 31.1. The highest BCUT2D eigenvalue weighted by atomic mass is 16.8. The average Bonchev–Trinajstić information content (AvgIpc) is 0.787. The minimum Gasteiger partial charge on any atom is -0.394 e. The highest BCUT2D eigenvalue weighted by Crippen LogP contribution is 2.39. The zero-order valence-electron chi connectivity index (χ0n) is 48.7. The molecular weight excluding hydrogens is 1250 g/mol. The maximum absolute atomic E-state index is 13.4.